The van der Waals surface area contributed by atoms with E-state index >= 15 is 0 Å². The van der Waals surface area contributed by atoms with E-state index in [1.807, 2.05) is 23.5 Å². The van der Waals surface area contributed by atoms with E-state index in [9.17, 15) is 9.90 Å². The number of pyridine rings is 1. The van der Waals surface area contributed by atoms with E-state index in [4.69, 9.17) is 0 Å². The number of para-hydroxylation sites is 1. The minimum Gasteiger partial charge on any atom is -0.507 e. The number of aromatic hydroxyl groups is 1. The summed E-state index contributed by atoms with van der Waals surface area (Å²) in [6, 6.07) is 6.00. The molecule has 0 aliphatic heterocycles. The number of rotatable bonds is 1. The second kappa shape index (κ2) is 4.23. The van der Waals surface area contributed by atoms with Gasteiger partial charge in [-0.05, 0) is 43.2 Å². The van der Waals surface area contributed by atoms with Gasteiger partial charge in [-0.15, -0.1) is 0 Å². The minimum absolute atomic E-state index is 0.0329. The first kappa shape index (κ1) is 12.7. The van der Waals surface area contributed by atoms with Gasteiger partial charge in [0.2, 0.25) is 0 Å². The maximum Gasteiger partial charge on any atom is 0.262 e. The largest absolute Gasteiger partial charge is 0.507 e. The summed E-state index contributed by atoms with van der Waals surface area (Å²) in [6.45, 7) is 4.19. The summed E-state index contributed by atoms with van der Waals surface area (Å²) in [4.78, 5) is 12.8. The molecule has 1 aliphatic rings. The van der Waals surface area contributed by atoms with Gasteiger partial charge >= 0.3 is 0 Å². The molecule has 2 aromatic heterocycles. The van der Waals surface area contributed by atoms with Crippen molar-refractivity contribution in [2.24, 2.45) is 5.92 Å². The molecule has 2 heterocycles. The van der Waals surface area contributed by atoms with Gasteiger partial charge in [-0.2, -0.15) is 0 Å². The van der Waals surface area contributed by atoms with Gasteiger partial charge in [0.25, 0.3) is 5.56 Å². The molecule has 0 saturated carbocycles. The maximum atomic E-state index is 12.8. The van der Waals surface area contributed by atoms with Crippen LogP contribution in [-0.2, 0) is 19.3 Å². The summed E-state index contributed by atoms with van der Waals surface area (Å²) in [7, 11) is 0. The second-order valence-electron chi connectivity index (χ2n) is 6.30. The number of aryl methyl sites for hydroxylation is 1. The van der Waals surface area contributed by atoms with Gasteiger partial charge in [-0.1, -0.05) is 26.0 Å². The van der Waals surface area contributed by atoms with Gasteiger partial charge in [-0.25, -0.2) is 0 Å². The normalized spacial score (nSPS) is 18.5. The van der Waals surface area contributed by atoms with E-state index in [1.165, 1.54) is 11.3 Å². The molecular formula is C18H19NO2. The first-order valence-electron chi connectivity index (χ1n) is 7.75. The van der Waals surface area contributed by atoms with Crippen molar-refractivity contribution in [3.63, 3.8) is 0 Å². The molecule has 0 spiro atoms. The average Bonchev–Trinajstić information content (AvgIpc) is 2.80. The Balaban J connectivity index is 2.27. The van der Waals surface area contributed by atoms with E-state index in [2.05, 4.69) is 13.0 Å². The lowest BCUT2D eigenvalue weighted by molar-refractivity contribution is 0.472. The monoisotopic (exact) mass is 281 g/mol. The topological polar surface area (TPSA) is 41.7 Å². The third-order valence-corrected chi connectivity index (χ3v) is 4.99. The summed E-state index contributed by atoms with van der Waals surface area (Å²) in [6.07, 6.45) is 3.67. The fourth-order valence-electron chi connectivity index (χ4n) is 3.91. The van der Waals surface area contributed by atoms with Crippen LogP contribution in [0.25, 0.3) is 16.3 Å². The molecule has 4 rings (SSSR count). The molecule has 0 radical (unpaired) electrons. The zero-order valence-electron chi connectivity index (χ0n) is 12.4. The van der Waals surface area contributed by atoms with Crippen LogP contribution in [0.3, 0.4) is 0 Å². The Hall–Kier alpha value is -2.03. The van der Waals surface area contributed by atoms with Gasteiger partial charge in [0.1, 0.15) is 5.75 Å². The van der Waals surface area contributed by atoms with Crippen molar-refractivity contribution < 1.29 is 5.11 Å². The molecule has 3 heteroatoms. The van der Waals surface area contributed by atoms with E-state index < -0.39 is 0 Å². The van der Waals surface area contributed by atoms with Crippen LogP contribution in [0.1, 0.15) is 37.1 Å². The highest BCUT2D eigenvalue weighted by molar-refractivity contribution is 6.02. The van der Waals surface area contributed by atoms with Crippen LogP contribution in [0.15, 0.2) is 23.0 Å². The maximum absolute atomic E-state index is 12.8. The Bertz CT molecular complexity index is 907. The number of fused-ring (bicyclic) bond motifs is 3. The molecule has 3 aromatic rings. The van der Waals surface area contributed by atoms with Crippen molar-refractivity contribution in [2.75, 3.05) is 0 Å². The molecule has 1 unspecified atom stereocenters. The highest BCUT2D eigenvalue weighted by Gasteiger charge is 2.26. The first-order valence-corrected chi connectivity index (χ1v) is 7.75. The van der Waals surface area contributed by atoms with Gasteiger partial charge in [0.15, 0.2) is 0 Å². The standard InChI is InChI=1S/C18H19NO2/c1-3-11-17(20)13-6-4-5-12-14-9-10(2)7-8-15(14)19(16(12)13)18(11)21/h4-6,10,20H,3,7-9H2,1-2H3. The lowest BCUT2D eigenvalue weighted by atomic mass is 9.88. The SMILES string of the molecule is CCc1c(O)c2cccc3c4c(n(c1=O)c23)CCC(C)C4. The molecule has 1 atom stereocenters. The van der Waals surface area contributed by atoms with Crippen LogP contribution in [0.5, 0.6) is 5.75 Å². The predicted molar refractivity (Wildman–Crippen MR) is 84.6 cm³/mol. The quantitative estimate of drug-likeness (QED) is 0.743. The number of hydrogen-bond acceptors (Lipinski definition) is 2. The van der Waals surface area contributed by atoms with Crippen LogP contribution >= 0.6 is 0 Å². The van der Waals surface area contributed by atoms with Gasteiger partial charge in [-0.3, -0.25) is 9.20 Å². The van der Waals surface area contributed by atoms with E-state index in [0.29, 0.717) is 17.9 Å². The van der Waals surface area contributed by atoms with Crippen LogP contribution in [0.4, 0.5) is 0 Å². The molecule has 0 amide bonds. The highest BCUT2D eigenvalue weighted by Crippen LogP contribution is 2.38. The van der Waals surface area contributed by atoms with Crippen molar-refractivity contribution in [1.29, 1.82) is 0 Å². The van der Waals surface area contributed by atoms with E-state index in [-0.39, 0.29) is 11.3 Å². The van der Waals surface area contributed by atoms with Crippen LogP contribution < -0.4 is 5.56 Å². The molecule has 0 fully saturated rings. The molecule has 1 aliphatic carbocycles. The van der Waals surface area contributed by atoms with Crippen molar-refractivity contribution >= 4 is 16.3 Å². The van der Waals surface area contributed by atoms with E-state index in [0.717, 1.165) is 35.6 Å². The van der Waals surface area contributed by atoms with Crippen molar-refractivity contribution in [3.05, 3.63) is 45.4 Å². The Kier molecular flexibility index (Phi) is 2.56. The summed E-state index contributed by atoms with van der Waals surface area (Å²) in [5.41, 5.74) is 3.89. The number of hydrogen-bond donors (Lipinski definition) is 1. The Morgan fingerprint density at radius 3 is 2.86 bits per heavy atom. The number of nitrogens with zero attached hydrogens (tertiary/aromatic N) is 1. The smallest absolute Gasteiger partial charge is 0.262 e. The Morgan fingerprint density at radius 1 is 1.33 bits per heavy atom. The van der Waals surface area contributed by atoms with Crippen molar-refractivity contribution in [1.82, 2.24) is 4.40 Å². The third kappa shape index (κ3) is 1.52. The summed E-state index contributed by atoms with van der Waals surface area (Å²) < 4.78 is 1.88. The number of aromatic nitrogens is 1. The average molecular weight is 281 g/mol. The molecule has 1 N–H and O–H groups in total. The van der Waals surface area contributed by atoms with Crippen LogP contribution in [0, 0.1) is 5.92 Å². The second-order valence-corrected chi connectivity index (χ2v) is 6.30. The zero-order valence-corrected chi connectivity index (χ0v) is 12.4. The first-order chi connectivity index (χ1) is 10.1. The summed E-state index contributed by atoms with van der Waals surface area (Å²) in [5.74, 6) is 0.826. The van der Waals surface area contributed by atoms with Crippen molar-refractivity contribution in [2.45, 2.75) is 39.5 Å². The third-order valence-electron chi connectivity index (χ3n) is 4.99. The predicted octanol–water partition coefficient (Wildman–Crippen LogP) is 3.28. The molecule has 1 aromatic carbocycles. The van der Waals surface area contributed by atoms with Crippen molar-refractivity contribution in [3.8, 4) is 5.75 Å². The molecule has 3 nitrogen and oxygen atoms in total. The summed E-state index contributed by atoms with van der Waals surface area (Å²) >= 11 is 0. The lowest BCUT2D eigenvalue weighted by Gasteiger charge is -2.18. The molecule has 21 heavy (non-hydrogen) atoms. The minimum atomic E-state index is -0.0329. The van der Waals surface area contributed by atoms with Gasteiger partial charge in [0, 0.05) is 16.5 Å². The molecule has 108 valence electrons. The molecule has 0 bridgehead atoms. The van der Waals surface area contributed by atoms with Gasteiger partial charge in [0.05, 0.1) is 11.1 Å². The fraction of sp³-hybridized carbons (Fsp3) is 0.389. The van der Waals surface area contributed by atoms with Gasteiger partial charge < -0.3 is 5.11 Å². The zero-order chi connectivity index (χ0) is 14.7. The van der Waals surface area contributed by atoms with E-state index in [1.54, 1.807) is 0 Å². The Morgan fingerprint density at radius 2 is 2.10 bits per heavy atom. The highest BCUT2D eigenvalue weighted by atomic mass is 16.3. The summed E-state index contributed by atoms with van der Waals surface area (Å²) in [5, 5.41) is 12.4. The molecular weight excluding hydrogens is 262 g/mol. The Labute approximate surface area is 123 Å². The lowest BCUT2D eigenvalue weighted by Crippen LogP contribution is -2.21. The molecule has 0 saturated heterocycles. The van der Waals surface area contributed by atoms with Crippen LogP contribution in [0.2, 0.25) is 0 Å². The van der Waals surface area contributed by atoms with Crippen LogP contribution in [-0.4, -0.2) is 9.51 Å². The fourth-order valence-corrected chi connectivity index (χ4v) is 3.91. The number of benzene rings is 1.